The first kappa shape index (κ1) is 17.4. The van der Waals surface area contributed by atoms with Gasteiger partial charge in [0.2, 0.25) is 5.52 Å². The van der Waals surface area contributed by atoms with Crippen molar-refractivity contribution in [3.05, 3.63) is 24.9 Å². The maximum Gasteiger partial charge on any atom is 0.350 e. The normalized spacial score (nSPS) is 13.2. The van der Waals surface area contributed by atoms with Crippen LogP contribution < -0.4 is 15.6 Å². The van der Waals surface area contributed by atoms with Gasteiger partial charge >= 0.3 is 13.2 Å². The minimum Gasteiger partial charge on any atom is -0.470 e. The van der Waals surface area contributed by atoms with Crippen molar-refractivity contribution < 1.29 is 28.1 Å². The molecule has 0 bridgehead atoms. The van der Waals surface area contributed by atoms with Gasteiger partial charge in [-0.05, 0) is 13.0 Å². The number of hydrogen-bond donors (Lipinski definition) is 5. The van der Waals surface area contributed by atoms with Crippen molar-refractivity contribution in [3.63, 3.8) is 0 Å². The molecule has 1 atom stereocenters. The van der Waals surface area contributed by atoms with E-state index in [1.807, 2.05) is 0 Å². The maximum atomic E-state index is 10.9. The van der Waals surface area contributed by atoms with Crippen molar-refractivity contribution in [2.75, 3.05) is 17.4 Å². The van der Waals surface area contributed by atoms with Gasteiger partial charge in [-0.2, -0.15) is 4.98 Å². The summed E-state index contributed by atoms with van der Waals surface area (Å²) in [5.41, 5.74) is 7.64. The summed E-state index contributed by atoms with van der Waals surface area (Å²) in [6.45, 7) is 2.03. The van der Waals surface area contributed by atoms with Crippen molar-refractivity contribution in [1.82, 2.24) is 15.0 Å². The molecule has 134 valence electrons. The second kappa shape index (κ2) is 6.81. The zero-order valence-corrected chi connectivity index (χ0v) is 14.2. The van der Waals surface area contributed by atoms with E-state index in [2.05, 4.69) is 20.3 Å². The fraction of sp³-hybridized carbons (Fsp3) is 0.308. The average molecular weight is 369 g/mol. The molecule has 0 saturated heterocycles. The second-order valence-electron chi connectivity index (χ2n) is 5.46. The van der Waals surface area contributed by atoms with Crippen LogP contribution in [0.1, 0.15) is 6.92 Å². The molecule has 0 aromatic carbocycles. The number of furan rings is 1. The Balaban J connectivity index is 1.83. The third-order valence-electron chi connectivity index (χ3n) is 3.31. The summed E-state index contributed by atoms with van der Waals surface area (Å²) in [4.78, 5) is 29.2. The van der Waals surface area contributed by atoms with Gasteiger partial charge < -0.3 is 30.0 Å². The number of aromatic nitrogens is 4. The first-order valence-corrected chi connectivity index (χ1v) is 9.11. The predicted molar refractivity (Wildman–Crippen MR) is 87.9 cm³/mol. The van der Waals surface area contributed by atoms with Crippen molar-refractivity contribution in [1.29, 1.82) is 0 Å². The number of imidazole rings is 1. The van der Waals surface area contributed by atoms with E-state index in [-0.39, 0.29) is 5.95 Å². The van der Waals surface area contributed by atoms with Gasteiger partial charge in [0.25, 0.3) is 5.95 Å². The Hall–Kier alpha value is -2.46. The Morgan fingerprint density at radius 3 is 3.00 bits per heavy atom. The minimum atomic E-state index is -4.21. The lowest BCUT2D eigenvalue weighted by molar-refractivity contribution is -0.679. The van der Waals surface area contributed by atoms with Crippen LogP contribution in [0.15, 0.2) is 29.3 Å². The van der Waals surface area contributed by atoms with Crippen LogP contribution in [0.3, 0.4) is 0 Å². The van der Waals surface area contributed by atoms with Crippen LogP contribution in [0.2, 0.25) is 0 Å². The highest BCUT2D eigenvalue weighted by Crippen LogP contribution is 2.34. The highest BCUT2D eigenvalue weighted by atomic mass is 31.2. The SMILES string of the molecule is C[C@H](C[n+]1c[nH]c2c(Nc3ccoc3)nc(N)nc21)OCP(=O)(O)O. The summed E-state index contributed by atoms with van der Waals surface area (Å²) in [6, 6.07) is 1.74. The van der Waals surface area contributed by atoms with E-state index in [4.69, 9.17) is 24.7 Å². The molecule has 3 aromatic heterocycles. The highest BCUT2D eigenvalue weighted by molar-refractivity contribution is 7.51. The Morgan fingerprint density at radius 1 is 1.52 bits per heavy atom. The van der Waals surface area contributed by atoms with E-state index in [0.29, 0.717) is 29.2 Å². The van der Waals surface area contributed by atoms with Gasteiger partial charge in [0.05, 0.1) is 24.6 Å². The van der Waals surface area contributed by atoms with Crippen LogP contribution in [0.25, 0.3) is 11.2 Å². The van der Waals surface area contributed by atoms with Crippen LogP contribution >= 0.6 is 7.60 Å². The number of hydrogen-bond acceptors (Lipinski definition) is 7. The molecule has 3 aromatic rings. The molecule has 3 rings (SSSR count). The molecule has 12 heteroatoms. The molecule has 11 nitrogen and oxygen atoms in total. The number of nitrogens with zero attached hydrogens (tertiary/aromatic N) is 3. The van der Waals surface area contributed by atoms with Gasteiger partial charge in [0.15, 0.2) is 12.1 Å². The third-order valence-corrected chi connectivity index (χ3v) is 3.79. The fourth-order valence-electron chi connectivity index (χ4n) is 2.27. The monoisotopic (exact) mass is 369 g/mol. The van der Waals surface area contributed by atoms with Gasteiger partial charge in [-0.15, -0.1) is 0 Å². The van der Waals surface area contributed by atoms with Crippen LogP contribution in [0.5, 0.6) is 0 Å². The van der Waals surface area contributed by atoms with Gasteiger partial charge in [-0.25, -0.2) is 4.57 Å². The molecule has 0 saturated carbocycles. The van der Waals surface area contributed by atoms with Gasteiger partial charge in [0.1, 0.15) is 12.6 Å². The summed E-state index contributed by atoms with van der Waals surface area (Å²) in [5, 5.41) is 3.08. The van der Waals surface area contributed by atoms with Crippen molar-refractivity contribution in [3.8, 4) is 0 Å². The Kier molecular flexibility index (Phi) is 4.73. The number of ether oxygens (including phenoxy) is 1. The number of rotatable bonds is 7. The van der Waals surface area contributed by atoms with E-state index in [1.165, 1.54) is 12.5 Å². The summed E-state index contributed by atoms with van der Waals surface area (Å²) < 4.78 is 22.8. The van der Waals surface area contributed by atoms with Gasteiger partial charge in [0, 0.05) is 0 Å². The quantitative estimate of drug-likeness (QED) is 0.298. The Bertz CT molecular complexity index is 905. The lowest BCUT2D eigenvalue weighted by Gasteiger charge is -2.12. The molecule has 0 spiro atoms. The van der Waals surface area contributed by atoms with Crippen LogP contribution in [-0.4, -0.2) is 37.2 Å². The first-order chi connectivity index (χ1) is 11.8. The summed E-state index contributed by atoms with van der Waals surface area (Å²) in [7, 11) is -4.21. The smallest absolute Gasteiger partial charge is 0.350 e. The number of nitrogen functional groups attached to an aromatic ring is 1. The first-order valence-electron chi connectivity index (χ1n) is 7.31. The Morgan fingerprint density at radius 2 is 2.32 bits per heavy atom. The predicted octanol–water partition coefficient (Wildman–Crippen LogP) is 0.704. The lowest BCUT2D eigenvalue weighted by Crippen LogP contribution is -2.39. The standard InChI is InChI=1S/C13H17N6O5P/c1-8(24-7-25(20,21)22)4-19-6-15-10-11(16-9-2-3-23-5-9)17-13(14)18-12(10)19/h2-3,5-6,8H,4,7H2,1H3,(H5,14,16,17,18,20,21,22)/p+1/t8-/m1/s1. The molecule has 6 N–H and O–H groups in total. The summed E-state index contributed by atoms with van der Waals surface area (Å²) in [6.07, 6.45) is 3.63. The maximum absolute atomic E-state index is 10.9. The number of nitrogens with one attached hydrogen (secondary N) is 2. The molecular weight excluding hydrogens is 351 g/mol. The lowest BCUT2D eigenvalue weighted by atomic mass is 10.4. The number of anilines is 3. The van der Waals surface area contributed by atoms with Crippen molar-refractivity contribution in [2.24, 2.45) is 0 Å². The molecule has 25 heavy (non-hydrogen) atoms. The van der Waals surface area contributed by atoms with E-state index < -0.39 is 20.0 Å². The van der Waals surface area contributed by atoms with Crippen LogP contribution in [0, 0.1) is 0 Å². The highest BCUT2D eigenvalue weighted by Gasteiger charge is 2.22. The van der Waals surface area contributed by atoms with E-state index in [9.17, 15) is 4.57 Å². The topological polar surface area (TPSA) is 163 Å². The van der Waals surface area contributed by atoms with E-state index in [0.717, 1.165) is 0 Å². The zero-order chi connectivity index (χ0) is 18.0. The number of H-pyrrole nitrogens is 1. The molecule has 0 aliphatic rings. The van der Waals surface area contributed by atoms with Crippen LogP contribution in [0.4, 0.5) is 17.5 Å². The van der Waals surface area contributed by atoms with E-state index in [1.54, 1.807) is 23.9 Å². The number of aromatic amines is 1. The number of fused-ring (bicyclic) bond motifs is 1. The molecule has 0 radical (unpaired) electrons. The molecular formula is C13H18N6O5P+. The summed E-state index contributed by atoms with van der Waals surface area (Å²) >= 11 is 0. The summed E-state index contributed by atoms with van der Waals surface area (Å²) in [5.74, 6) is 0.557. The molecule has 0 amide bonds. The molecule has 0 aliphatic heterocycles. The van der Waals surface area contributed by atoms with E-state index >= 15 is 0 Å². The third kappa shape index (κ3) is 4.34. The van der Waals surface area contributed by atoms with Crippen molar-refractivity contribution >= 4 is 36.2 Å². The number of nitrogens with two attached hydrogens (primary N) is 1. The molecule has 3 heterocycles. The average Bonchev–Trinajstić information content (AvgIpc) is 3.15. The molecule has 0 aliphatic carbocycles. The molecule has 0 fully saturated rings. The van der Waals surface area contributed by atoms with Gasteiger partial charge in [-0.3, -0.25) is 9.55 Å². The Labute approximate surface area is 142 Å². The molecule has 0 unspecified atom stereocenters. The van der Waals surface area contributed by atoms with Crippen LogP contribution in [-0.2, 0) is 15.8 Å². The van der Waals surface area contributed by atoms with Gasteiger partial charge in [-0.1, -0.05) is 4.98 Å². The zero-order valence-electron chi connectivity index (χ0n) is 13.3. The largest absolute Gasteiger partial charge is 0.470 e. The second-order valence-corrected chi connectivity index (χ2v) is 7.05. The van der Waals surface area contributed by atoms with Crippen molar-refractivity contribution in [2.45, 2.75) is 19.6 Å². The minimum absolute atomic E-state index is 0.0793. The fourth-order valence-corrected chi connectivity index (χ4v) is 2.71.